The number of thiazole rings is 1. The maximum Gasteiger partial charge on any atom is 0.226 e. The topological polar surface area (TPSA) is 42.0 Å². The number of halogens is 1. The largest absolute Gasteiger partial charge is 0.354 e. The predicted octanol–water partition coefficient (Wildman–Crippen LogP) is 3.64. The molecule has 1 aromatic carbocycles. The first kappa shape index (κ1) is 14.2. The van der Waals surface area contributed by atoms with Crippen LogP contribution in [0.4, 0.5) is 0 Å². The maximum atomic E-state index is 11.7. The van der Waals surface area contributed by atoms with Gasteiger partial charge in [-0.1, -0.05) is 28.1 Å². The van der Waals surface area contributed by atoms with Gasteiger partial charge in [0.05, 0.1) is 12.1 Å². The van der Waals surface area contributed by atoms with Crippen molar-refractivity contribution in [2.45, 2.75) is 26.3 Å². The summed E-state index contributed by atoms with van der Waals surface area (Å²) >= 11 is 5.01. The third-order valence-corrected chi connectivity index (χ3v) is 3.85. The van der Waals surface area contributed by atoms with Crippen molar-refractivity contribution in [2.75, 3.05) is 0 Å². The van der Waals surface area contributed by atoms with E-state index < -0.39 is 0 Å². The quantitative estimate of drug-likeness (QED) is 0.924. The van der Waals surface area contributed by atoms with Crippen molar-refractivity contribution in [3.63, 3.8) is 0 Å². The van der Waals surface area contributed by atoms with E-state index >= 15 is 0 Å². The number of nitrogens with zero attached hydrogens (tertiary/aromatic N) is 1. The molecule has 1 heterocycles. The summed E-state index contributed by atoms with van der Waals surface area (Å²) in [7, 11) is 0. The van der Waals surface area contributed by atoms with Crippen LogP contribution in [0.25, 0.3) is 10.6 Å². The zero-order valence-corrected chi connectivity index (χ0v) is 13.2. The summed E-state index contributed by atoms with van der Waals surface area (Å²) in [6.45, 7) is 3.90. The van der Waals surface area contributed by atoms with Crippen LogP contribution in [0.2, 0.25) is 0 Å². The van der Waals surface area contributed by atoms with Gasteiger partial charge in [0.15, 0.2) is 0 Å². The molecule has 0 unspecified atom stereocenters. The second-order valence-electron chi connectivity index (χ2n) is 4.55. The minimum absolute atomic E-state index is 0.0149. The van der Waals surface area contributed by atoms with Crippen LogP contribution < -0.4 is 5.32 Å². The number of benzene rings is 1. The van der Waals surface area contributed by atoms with Crippen molar-refractivity contribution in [2.24, 2.45) is 0 Å². The molecule has 0 saturated carbocycles. The number of hydrogen-bond acceptors (Lipinski definition) is 3. The number of hydrogen-bond donors (Lipinski definition) is 1. The highest BCUT2D eigenvalue weighted by atomic mass is 79.9. The van der Waals surface area contributed by atoms with Gasteiger partial charge in [-0.2, -0.15) is 0 Å². The van der Waals surface area contributed by atoms with Crippen molar-refractivity contribution in [3.8, 4) is 10.6 Å². The van der Waals surface area contributed by atoms with E-state index in [1.807, 2.05) is 43.5 Å². The van der Waals surface area contributed by atoms with Gasteiger partial charge in [0.2, 0.25) is 5.91 Å². The summed E-state index contributed by atoms with van der Waals surface area (Å²) in [4.78, 5) is 16.2. The number of aromatic nitrogens is 1. The van der Waals surface area contributed by atoms with E-state index in [0.29, 0.717) is 6.42 Å². The summed E-state index contributed by atoms with van der Waals surface area (Å²) in [5, 5.41) is 5.75. The second-order valence-corrected chi connectivity index (χ2v) is 6.33. The van der Waals surface area contributed by atoms with E-state index in [-0.39, 0.29) is 11.9 Å². The molecular formula is C14H15BrN2OS. The molecule has 0 aliphatic carbocycles. The Balaban J connectivity index is 2.09. The molecular weight excluding hydrogens is 324 g/mol. The molecule has 2 rings (SSSR count). The molecule has 5 heteroatoms. The van der Waals surface area contributed by atoms with E-state index in [1.165, 1.54) is 0 Å². The molecule has 2 aromatic rings. The molecule has 1 aromatic heterocycles. The summed E-state index contributed by atoms with van der Waals surface area (Å²) in [6.07, 6.45) is 0.336. The number of carbonyl (C=O) groups is 1. The molecule has 0 fully saturated rings. The molecule has 1 amide bonds. The molecule has 1 N–H and O–H groups in total. The third-order valence-electron chi connectivity index (χ3n) is 2.41. The summed E-state index contributed by atoms with van der Waals surface area (Å²) in [5.41, 5.74) is 1.88. The van der Waals surface area contributed by atoms with Gasteiger partial charge in [-0.3, -0.25) is 4.79 Å². The third kappa shape index (κ3) is 4.14. The molecule has 0 aliphatic rings. The molecule has 19 heavy (non-hydrogen) atoms. The summed E-state index contributed by atoms with van der Waals surface area (Å²) < 4.78 is 1.03. The van der Waals surface area contributed by atoms with Crippen molar-refractivity contribution in [1.29, 1.82) is 0 Å². The Kier molecular flexibility index (Phi) is 4.71. The highest BCUT2D eigenvalue weighted by Crippen LogP contribution is 2.26. The monoisotopic (exact) mass is 338 g/mol. The Bertz CT molecular complexity index is 580. The predicted molar refractivity (Wildman–Crippen MR) is 82.2 cm³/mol. The smallest absolute Gasteiger partial charge is 0.226 e. The Hall–Kier alpha value is -1.20. The van der Waals surface area contributed by atoms with E-state index in [0.717, 1.165) is 20.7 Å². The van der Waals surface area contributed by atoms with Gasteiger partial charge in [0.25, 0.3) is 0 Å². The lowest BCUT2D eigenvalue weighted by Gasteiger charge is -2.06. The Morgan fingerprint density at radius 3 is 2.95 bits per heavy atom. The highest BCUT2D eigenvalue weighted by molar-refractivity contribution is 9.10. The molecule has 0 atom stereocenters. The molecule has 0 aliphatic heterocycles. The van der Waals surface area contributed by atoms with Crippen molar-refractivity contribution in [1.82, 2.24) is 10.3 Å². The first-order valence-corrected chi connectivity index (χ1v) is 7.71. The van der Waals surface area contributed by atoms with Crippen LogP contribution in [0.15, 0.2) is 34.1 Å². The van der Waals surface area contributed by atoms with E-state index in [9.17, 15) is 4.79 Å². The van der Waals surface area contributed by atoms with Crippen molar-refractivity contribution >= 4 is 33.2 Å². The van der Waals surface area contributed by atoms with E-state index in [4.69, 9.17) is 0 Å². The molecule has 0 spiro atoms. The van der Waals surface area contributed by atoms with Gasteiger partial charge >= 0.3 is 0 Å². The minimum Gasteiger partial charge on any atom is -0.354 e. The lowest BCUT2D eigenvalue weighted by atomic mass is 10.2. The molecule has 100 valence electrons. The average Bonchev–Trinajstić information content (AvgIpc) is 2.76. The Morgan fingerprint density at radius 2 is 2.26 bits per heavy atom. The summed E-state index contributed by atoms with van der Waals surface area (Å²) in [5.74, 6) is 0.0149. The van der Waals surface area contributed by atoms with Crippen molar-refractivity contribution < 1.29 is 4.79 Å². The van der Waals surface area contributed by atoms with Crippen molar-refractivity contribution in [3.05, 3.63) is 39.8 Å². The van der Waals surface area contributed by atoms with Gasteiger partial charge in [-0.15, -0.1) is 11.3 Å². The fourth-order valence-corrected chi connectivity index (χ4v) is 2.90. The fourth-order valence-electron chi connectivity index (χ4n) is 1.68. The average molecular weight is 339 g/mol. The first-order valence-electron chi connectivity index (χ1n) is 6.04. The summed E-state index contributed by atoms with van der Waals surface area (Å²) in [6, 6.07) is 8.16. The van der Waals surface area contributed by atoms with Crippen LogP contribution in [-0.4, -0.2) is 16.9 Å². The SMILES string of the molecule is CC(C)NC(=O)Cc1csc(-c2cccc(Br)c2)n1. The lowest BCUT2D eigenvalue weighted by Crippen LogP contribution is -2.31. The zero-order chi connectivity index (χ0) is 13.8. The number of rotatable bonds is 4. The van der Waals surface area contributed by atoms with Crippen LogP contribution in [0.5, 0.6) is 0 Å². The lowest BCUT2D eigenvalue weighted by molar-refractivity contribution is -0.120. The minimum atomic E-state index is 0.0149. The Morgan fingerprint density at radius 1 is 1.47 bits per heavy atom. The van der Waals surface area contributed by atoms with Gasteiger partial charge in [0, 0.05) is 21.5 Å². The van der Waals surface area contributed by atoms with Gasteiger partial charge < -0.3 is 5.32 Å². The zero-order valence-electron chi connectivity index (χ0n) is 10.8. The van der Waals surface area contributed by atoms with Gasteiger partial charge in [-0.25, -0.2) is 4.98 Å². The molecule has 0 bridgehead atoms. The Labute approximate surface area is 125 Å². The number of nitrogens with one attached hydrogen (secondary N) is 1. The standard InChI is InChI=1S/C14H15BrN2OS/c1-9(2)16-13(18)7-12-8-19-14(17-12)10-4-3-5-11(15)6-10/h3-6,8-9H,7H2,1-2H3,(H,16,18). The van der Waals surface area contributed by atoms with Crippen LogP contribution >= 0.6 is 27.3 Å². The van der Waals surface area contributed by atoms with E-state index in [1.54, 1.807) is 11.3 Å². The highest BCUT2D eigenvalue weighted by Gasteiger charge is 2.09. The fraction of sp³-hybridized carbons (Fsp3) is 0.286. The second kappa shape index (κ2) is 6.30. The van der Waals surface area contributed by atoms with Crippen LogP contribution in [0.3, 0.4) is 0 Å². The molecule has 0 radical (unpaired) electrons. The maximum absolute atomic E-state index is 11.7. The van der Waals surface area contributed by atoms with E-state index in [2.05, 4.69) is 26.2 Å². The number of carbonyl (C=O) groups excluding carboxylic acids is 1. The molecule has 0 saturated heterocycles. The van der Waals surface area contributed by atoms with Gasteiger partial charge in [0.1, 0.15) is 5.01 Å². The normalized spacial score (nSPS) is 10.7. The number of amides is 1. The van der Waals surface area contributed by atoms with Crippen LogP contribution in [0.1, 0.15) is 19.5 Å². The van der Waals surface area contributed by atoms with Crippen LogP contribution in [0, 0.1) is 0 Å². The van der Waals surface area contributed by atoms with Gasteiger partial charge in [-0.05, 0) is 26.0 Å². The first-order chi connectivity index (χ1) is 9.04. The van der Waals surface area contributed by atoms with Crippen LogP contribution in [-0.2, 0) is 11.2 Å². The molecule has 3 nitrogen and oxygen atoms in total.